The van der Waals surface area contributed by atoms with Crippen molar-refractivity contribution in [2.75, 3.05) is 5.32 Å². The lowest BCUT2D eigenvalue weighted by molar-refractivity contribution is -0.384. The van der Waals surface area contributed by atoms with Crippen LogP contribution < -0.4 is 10.6 Å². The molecule has 0 fully saturated rings. The molecule has 2 aromatic rings. The van der Waals surface area contributed by atoms with Crippen molar-refractivity contribution in [2.24, 2.45) is 5.92 Å². The summed E-state index contributed by atoms with van der Waals surface area (Å²) in [5, 5.41) is 15.8. The molecule has 0 aliphatic heterocycles. The lowest BCUT2D eigenvalue weighted by atomic mass is 10.0. The van der Waals surface area contributed by atoms with Crippen LogP contribution in [0.3, 0.4) is 0 Å². The van der Waals surface area contributed by atoms with Crippen LogP contribution in [-0.2, 0) is 14.3 Å². The van der Waals surface area contributed by atoms with Crippen molar-refractivity contribution in [2.45, 2.75) is 32.9 Å². The van der Waals surface area contributed by atoms with E-state index in [9.17, 15) is 28.9 Å². The number of nitrogens with one attached hydrogen (secondary N) is 2. The molecular weight excluding hydrogens is 409 g/mol. The first-order valence-electron chi connectivity index (χ1n) is 9.40. The number of non-ortho nitro benzene ring substituents is 1. The molecule has 31 heavy (non-hydrogen) atoms. The Morgan fingerprint density at radius 3 is 2.29 bits per heavy atom. The van der Waals surface area contributed by atoms with Crippen LogP contribution in [0.25, 0.3) is 0 Å². The summed E-state index contributed by atoms with van der Waals surface area (Å²) in [5.74, 6) is -2.97. The largest absolute Gasteiger partial charge is 0.451 e. The van der Waals surface area contributed by atoms with Crippen LogP contribution in [0, 0.1) is 21.8 Å². The van der Waals surface area contributed by atoms with E-state index in [0.717, 1.165) is 12.1 Å². The summed E-state index contributed by atoms with van der Waals surface area (Å²) in [4.78, 5) is 47.4. The van der Waals surface area contributed by atoms with Crippen LogP contribution in [0.15, 0.2) is 48.5 Å². The van der Waals surface area contributed by atoms with E-state index in [1.165, 1.54) is 43.3 Å². The summed E-state index contributed by atoms with van der Waals surface area (Å²) in [7, 11) is 0. The van der Waals surface area contributed by atoms with E-state index in [1.54, 1.807) is 13.8 Å². The second kappa shape index (κ2) is 10.3. The topological polar surface area (TPSA) is 128 Å². The van der Waals surface area contributed by atoms with Gasteiger partial charge in [0.15, 0.2) is 6.10 Å². The molecule has 0 radical (unpaired) electrons. The quantitative estimate of drug-likeness (QED) is 0.376. The number of hydrogen-bond donors (Lipinski definition) is 2. The zero-order valence-corrected chi connectivity index (χ0v) is 17.1. The Kier molecular flexibility index (Phi) is 7.78. The number of esters is 1. The fourth-order valence-electron chi connectivity index (χ4n) is 2.57. The predicted octanol–water partition coefficient (Wildman–Crippen LogP) is 3.06. The number of amides is 2. The normalized spacial score (nSPS) is 12.5. The van der Waals surface area contributed by atoms with Gasteiger partial charge in [-0.2, -0.15) is 0 Å². The van der Waals surface area contributed by atoms with Crippen molar-refractivity contribution in [3.8, 4) is 0 Å². The van der Waals surface area contributed by atoms with E-state index in [0.29, 0.717) is 0 Å². The molecule has 0 saturated carbocycles. The summed E-state index contributed by atoms with van der Waals surface area (Å²) >= 11 is 0. The van der Waals surface area contributed by atoms with Crippen molar-refractivity contribution < 1.29 is 28.4 Å². The number of nitro benzene ring substituents is 1. The van der Waals surface area contributed by atoms with Gasteiger partial charge in [-0.15, -0.1) is 0 Å². The molecule has 0 saturated heterocycles. The third kappa shape index (κ3) is 6.59. The van der Waals surface area contributed by atoms with Crippen LogP contribution in [0.2, 0.25) is 0 Å². The first kappa shape index (κ1) is 23.5. The Balaban J connectivity index is 2.01. The van der Waals surface area contributed by atoms with Crippen molar-refractivity contribution in [1.29, 1.82) is 0 Å². The summed E-state index contributed by atoms with van der Waals surface area (Å²) < 4.78 is 18.2. The first-order chi connectivity index (χ1) is 14.6. The van der Waals surface area contributed by atoms with Crippen molar-refractivity contribution in [3.05, 3.63) is 70.0 Å². The molecule has 9 nitrogen and oxygen atoms in total. The molecule has 2 atom stereocenters. The Labute approximate surface area is 177 Å². The number of nitrogens with zero attached hydrogens (tertiary/aromatic N) is 1. The number of nitro groups is 1. The highest BCUT2D eigenvalue weighted by Gasteiger charge is 2.29. The summed E-state index contributed by atoms with van der Waals surface area (Å²) in [6.07, 6.45) is -1.23. The Hall–Kier alpha value is -3.82. The molecule has 10 heteroatoms. The summed E-state index contributed by atoms with van der Waals surface area (Å²) in [5.41, 5.74) is 0.134. The number of carbonyl (C=O) groups excluding carboxylic acids is 3. The van der Waals surface area contributed by atoms with Gasteiger partial charge in [0, 0.05) is 23.4 Å². The van der Waals surface area contributed by atoms with Gasteiger partial charge in [-0.25, -0.2) is 9.18 Å². The maximum atomic E-state index is 13.0. The van der Waals surface area contributed by atoms with E-state index in [2.05, 4.69) is 10.6 Å². The van der Waals surface area contributed by atoms with Crippen molar-refractivity contribution in [3.63, 3.8) is 0 Å². The maximum absolute atomic E-state index is 13.0. The summed E-state index contributed by atoms with van der Waals surface area (Å²) in [6.45, 7) is 4.71. The molecule has 2 rings (SSSR count). The Bertz CT molecular complexity index is 977. The first-order valence-corrected chi connectivity index (χ1v) is 9.40. The van der Waals surface area contributed by atoms with E-state index in [4.69, 9.17) is 4.74 Å². The lowest BCUT2D eigenvalue weighted by Crippen LogP contribution is -2.47. The number of anilines is 1. The highest BCUT2D eigenvalue weighted by molar-refractivity contribution is 5.98. The van der Waals surface area contributed by atoms with E-state index >= 15 is 0 Å². The SMILES string of the molecule is CC(OC(=O)[C@@H](NC(=O)c1ccc(F)cc1)C(C)C)C(=O)Nc1cccc([N+](=O)[O-])c1. The third-order valence-corrected chi connectivity index (χ3v) is 4.30. The molecule has 0 aromatic heterocycles. The summed E-state index contributed by atoms with van der Waals surface area (Å²) in [6, 6.07) is 9.07. The Morgan fingerprint density at radius 2 is 1.71 bits per heavy atom. The van der Waals surface area contributed by atoms with Crippen LogP contribution in [0.4, 0.5) is 15.8 Å². The molecular formula is C21H22FN3O6. The number of rotatable bonds is 8. The van der Waals surface area contributed by atoms with Crippen LogP contribution >= 0.6 is 0 Å². The van der Waals surface area contributed by atoms with Gasteiger partial charge < -0.3 is 15.4 Å². The molecule has 2 N–H and O–H groups in total. The number of carbonyl (C=O) groups is 3. The van der Waals surface area contributed by atoms with Gasteiger partial charge in [0.2, 0.25) is 0 Å². The van der Waals surface area contributed by atoms with E-state index < -0.39 is 40.7 Å². The fourth-order valence-corrected chi connectivity index (χ4v) is 2.57. The molecule has 0 spiro atoms. The number of halogens is 1. The van der Waals surface area contributed by atoms with Crippen molar-refractivity contribution in [1.82, 2.24) is 5.32 Å². The van der Waals surface area contributed by atoms with Gasteiger partial charge in [0.1, 0.15) is 11.9 Å². The molecule has 164 valence electrons. The maximum Gasteiger partial charge on any atom is 0.329 e. The highest BCUT2D eigenvalue weighted by Crippen LogP contribution is 2.17. The van der Waals surface area contributed by atoms with E-state index in [-0.39, 0.29) is 22.9 Å². The smallest absolute Gasteiger partial charge is 0.329 e. The minimum Gasteiger partial charge on any atom is -0.451 e. The van der Waals surface area contributed by atoms with Gasteiger partial charge in [0.05, 0.1) is 4.92 Å². The molecule has 2 aromatic carbocycles. The van der Waals surface area contributed by atoms with Crippen molar-refractivity contribution >= 4 is 29.2 Å². The third-order valence-electron chi connectivity index (χ3n) is 4.30. The van der Waals surface area contributed by atoms with Gasteiger partial charge in [-0.3, -0.25) is 19.7 Å². The van der Waals surface area contributed by atoms with Gasteiger partial charge in [-0.05, 0) is 43.2 Å². The van der Waals surface area contributed by atoms with Gasteiger partial charge in [-0.1, -0.05) is 19.9 Å². The Morgan fingerprint density at radius 1 is 1.06 bits per heavy atom. The minimum absolute atomic E-state index is 0.163. The zero-order chi connectivity index (χ0) is 23.1. The number of ether oxygens (including phenoxy) is 1. The molecule has 0 heterocycles. The number of benzene rings is 2. The van der Waals surface area contributed by atoms with E-state index in [1.807, 2.05) is 0 Å². The average molecular weight is 431 g/mol. The average Bonchev–Trinajstić information content (AvgIpc) is 2.72. The lowest BCUT2D eigenvalue weighted by Gasteiger charge is -2.23. The van der Waals surface area contributed by atoms with Crippen LogP contribution in [0.5, 0.6) is 0 Å². The molecule has 1 unspecified atom stereocenters. The predicted molar refractivity (Wildman–Crippen MR) is 110 cm³/mol. The highest BCUT2D eigenvalue weighted by atomic mass is 19.1. The van der Waals surface area contributed by atoms with Crippen LogP contribution in [0.1, 0.15) is 31.1 Å². The standard InChI is InChI=1S/C21H22FN3O6/c1-12(2)18(24-20(27)14-7-9-15(22)10-8-14)21(28)31-13(3)19(26)23-16-5-4-6-17(11-16)25(29)30/h4-13,18H,1-3H3,(H,23,26)(H,24,27)/t13?,18-/m0/s1. The zero-order valence-electron chi connectivity index (χ0n) is 17.1. The molecule has 2 amide bonds. The molecule has 0 aliphatic rings. The molecule has 0 aliphatic carbocycles. The number of hydrogen-bond acceptors (Lipinski definition) is 6. The molecule has 0 bridgehead atoms. The monoisotopic (exact) mass is 431 g/mol. The van der Waals surface area contributed by atoms with Gasteiger partial charge in [0.25, 0.3) is 17.5 Å². The van der Waals surface area contributed by atoms with Crippen LogP contribution in [-0.4, -0.2) is 34.9 Å². The fraction of sp³-hybridized carbons (Fsp3) is 0.286. The van der Waals surface area contributed by atoms with Gasteiger partial charge >= 0.3 is 5.97 Å². The second-order valence-corrected chi connectivity index (χ2v) is 7.08. The minimum atomic E-state index is -1.23. The second-order valence-electron chi connectivity index (χ2n) is 7.08.